The lowest BCUT2D eigenvalue weighted by Crippen LogP contribution is -2.19. The van der Waals surface area contributed by atoms with E-state index in [4.69, 9.17) is 11.6 Å². The highest BCUT2D eigenvalue weighted by Crippen LogP contribution is 2.24. The average Bonchev–Trinajstić information content (AvgIpc) is 2.67. The first kappa shape index (κ1) is 16.2. The molecule has 0 fully saturated rings. The molecule has 0 atom stereocenters. The van der Waals surface area contributed by atoms with E-state index in [1.165, 1.54) is 9.13 Å². The fraction of sp³-hybridized carbons (Fsp3) is 0.467. The second-order valence-electron chi connectivity index (χ2n) is 5.05. The van der Waals surface area contributed by atoms with Crippen molar-refractivity contribution in [2.75, 3.05) is 11.5 Å². The summed E-state index contributed by atoms with van der Waals surface area (Å²) in [6, 6.07) is 3.42. The SMILES string of the molecule is CCCCSCC(=O)c1cc2c(cc1Cl)n(C)c(=O)n2C. The number of rotatable bonds is 6. The van der Waals surface area contributed by atoms with Gasteiger partial charge in [0.2, 0.25) is 0 Å². The Bertz CT molecular complexity index is 733. The molecule has 6 heteroatoms. The summed E-state index contributed by atoms with van der Waals surface area (Å²) in [6.45, 7) is 2.13. The number of unbranched alkanes of at least 4 members (excludes halogenated alkanes) is 1. The van der Waals surface area contributed by atoms with Crippen LogP contribution in [0, 0.1) is 0 Å². The fourth-order valence-electron chi connectivity index (χ4n) is 2.22. The van der Waals surface area contributed by atoms with Crippen molar-refractivity contribution < 1.29 is 4.79 Å². The van der Waals surface area contributed by atoms with Gasteiger partial charge in [0.05, 0.1) is 21.8 Å². The zero-order valence-corrected chi connectivity index (χ0v) is 14.1. The van der Waals surface area contributed by atoms with Crippen LogP contribution in [0.15, 0.2) is 16.9 Å². The zero-order chi connectivity index (χ0) is 15.6. The summed E-state index contributed by atoms with van der Waals surface area (Å²) in [6.07, 6.45) is 2.23. The molecule has 0 saturated carbocycles. The van der Waals surface area contributed by atoms with E-state index in [0.29, 0.717) is 16.3 Å². The molecular formula is C15H19ClN2O2S. The number of Topliss-reactive ketones (excluding diaryl/α,β-unsaturated/α-hetero) is 1. The van der Waals surface area contributed by atoms with E-state index in [9.17, 15) is 9.59 Å². The Balaban J connectivity index is 2.32. The Morgan fingerprint density at radius 1 is 1.24 bits per heavy atom. The number of carbonyl (C=O) groups is 1. The highest BCUT2D eigenvalue weighted by atomic mass is 35.5. The first-order valence-corrected chi connectivity index (χ1v) is 8.46. The van der Waals surface area contributed by atoms with Crippen molar-refractivity contribution in [1.29, 1.82) is 0 Å². The molecule has 21 heavy (non-hydrogen) atoms. The van der Waals surface area contributed by atoms with Crippen LogP contribution >= 0.6 is 23.4 Å². The molecule has 2 rings (SSSR count). The molecule has 1 aromatic heterocycles. The van der Waals surface area contributed by atoms with Gasteiger partial charge in [-0.2, -0.15) is 11.8 Å². The van der Waals surface area contributed by atoms with Gasteiger partial charge in [-0.3, -0.25) is 13.9 Å². The van der Waals surface area contributed by atoms with E-state index in [1.807, 2.05) is 0 Å². The van der Waals surface area contributed by atoms with Gasteiger partial charge in [-0.1, -0.05) is 24.9 Å². The Labute approximate surface area is 133 Å². The second kappa shape index (κ2) is 6.71. The monoisotopic (exact) mass is 326 g/mol. The number of halogens is 1. The van der Waals surface area contributed by atoms with Gasteiger partial charge in [0.1, 0.15) is 0 Å². The van der Waals surface area contributed by atoms with Crippen molar-refractivity contribution in [2.45, 2.75) is 19.8 Å². The first-order chi connectivity index (χ1) is 9.97. The molecule has 0 saturated heterocycles. The third-order valence-corrected chi connectivity index (χ3v) is 4.89. The molecule has 0 amide bonds. The van der Waals surface area contributed by atoms with Gasteiger partial charge in [0.25, 0.3) is 0 Å². The highest BCUT2D eigenvalue weighted by molar-refractivity contribution is 7.99. The number of fused-ring (bicyclic) bond motifs is 1. The molecule has 2 aromatic rings. The lowest BCUT2D eigenvalue weighted by atomic mass is 10.1. The summed E-state index contributed by atoms with van der Waals surface area (Å²) in [5.41, 5.74) is 1.84. The van der Waals surface area contributed by atoms with Gasteiger partial charge < -0.3 is 0 Å². The minimum atomic E-state index is -0.122. The molecule has 0 aliphatic heterocycles. The molecule has 0 aliphatic carbocycles. The number of nitrogens with zero attached hydrogens (tertiary/aromatic N) is 2. The average molecular weight is 327 g/mol. The number of hydrogen-bond acceptors (Lipinski definition) is 3. The molecule has 0 unspecified atom stereocenters. The largest absolute Gasteiger partial charge is 0.328 e. The van der Waals surface area contributed by atoms with E-state index < -0.39 is 0 Å². The highest BCUT2D eigenvalue weighted by Gasteiger charge is 2.16. The molecule has 0 bridgehead atoms. The lowest BCUT2D eigenvalue weighted by molar-refractivity contribution is 0.102. The summed E-state index contributed by atoms with van der Waals surface area (Å²) in [5, 5.41) is 0.407. The standard InChI is InChI=1S/C15H19ClN2O2S/c1-4-5-6-21-9-14(19)10-7-12-13(8-11(10)16)18(3)15(20)17(12)2/h7-8H,4-6,9H2,1-3H3. The van der Waals surface area contributed by atoms with Gasteiger partial charge in [-0.15, -0.1) is 0 Å². The van der Waals surface area contributed by atoms with Crippen LogP contribution in [0.2, 0.25) is 5.02 Å². The van der Waals surface area contributed by atoms with Crippen LogP contribution in [0.25, 0.3) is 11.0 Å². The van der Waals surface area contributed by atoms with E-state index in [1.54, 1.807) is 38.0 Å². The Hall–Kier alpha value is -1.20. The number of aromatic nitrogens is 2. The number of benzene rings is 1. The third kappa shape index (κ3) is 3.19. The van der Waals surface area contributed by atoms with Crippen LogP contribution in [0.5, 0.6) is 0 Å². The van der Waals surface area contributed by atoms with Gasteiger partial charge in [-0.25, -0.2) is 4.79 Å². The Morgan fingerprint density at radius 2 is 1.86 bits per heavy atom. The van der Waals surface area contributed by atoms with Crippen molar-refractivity contribution in [3.8, 4) is 0 Å². The summed E-state index contributed by atoms with van der Waals surface area (Å²) in [5.74, 6) is 1.41. The molecule has 0 spiro atoms. The molecule has 1 heterocycles. The molecule has 114 valence electrons. The molecular weight excluding hydrogens is 308 g/mol. The summed E-state index contributed by atoms with van der Waals surface area (Å²) in [4.78, 5) is 24.2. The van der Waals surface area contributed by atoms with Crippen molar-refractivity contribution in [3.63, 3.8) is 0 Å². The Morgan fingerprint density at radius 3 is 2.48 bits per heavy atom. The topological polar surface area (TPSA) is 44.0 Å². The fourth-order valence-corrected chi connectivity index (χ4v) is 3.46. The number of carbonyl (C=O) groups excluding carboxylic acids is 1. The normalized spacial score (nSPS) is 11.2. The van der Waals surface area contributed by atoms with Gasteiger partial charge >= 0.3 is 5.69 Å². The van der Waals surface area contributed by atoms with Crippen LogP contribution in [-0.4, -0.2) is 26.4 Å². The minimum Gasteiger partial charge on any atom is -0.295 e. The molecule has 4 nitrogen and oxygen atoms in total. The molecule has 0 radical (unpaired) electrons. The predicted molar refractivity (Wildman–Crippen MR) is 89.7 cm³/mol. The van der Waals surface area contributed by atoms with Crippen molar-refractivity contribution >= 4 is 40.2 Å². The maximum absolute atomic E-state index is 12.3. The van der Waals surface area contributed by atoms with E-state index in [-0.39, 0.29) is 11.5 Å². The van der Waals surface area contributed by atoms with Crippen LogP contribution in [-0.2, 0) is 14.1 Å². The lowest BCUT2D eigenvalue weighted by Gasteiger charge is -2.05. The number of ketones is 1. The maximum atomic E-state index is 12.3. The van der Waals surface area contributed by atoms with Gasteiger partial charge in [0.15, 0.2) is 5.78 Å². The quantitative estimate of drug-likeness (QED) is 0.604. The van der Waals surface area contributed by atoms with Crippen molar-refractivity contribution in [2.24, 2.45) is 14.1 Å². The number of imidazole rings is 1. The van der Waals surface area contributed by atoms with E-state index in [2.05, 4.69) is 6.92 Å². The molecule has 0 N–H and O–H groups in total. The second-order valence-corrected chi connectivity index (χ2v) is 6.56. The number of thioether (sulfide) groups is 1. The minimum absolute atomic E-state index is 0.0132. The third-order valence-electron chi connectivity index (χ3n) is 3.54. The van der Waals surface area contributed by atoms with Gasteiger partial charge in [-0.05, 0) is 24.3 Å². The maximum Gasteiger partial charge on any atom is 0.328 e. The van der Waals surface area contributed by atoms with Crippen molar-refractivity contribution in [3.05, 3.63) is 33.2 Å². The van der Waals surface area contributed by atoms with E-state index >= 15 is 0 Å². The van der Waals surface area contributed by atoms with E-state index in [0.717, 1.165) is 29.6 Å². The van der Waals surface area contributed by atoms with Crippen LogP contribution in [0.3, 0.4) is 0 Å². The smallest absolute Gasteiger partial charge is 0.295 e. The number of aryl methyl sites for hydroxylation is 2. The van der Waals surface area contributed by atoms with Crippen LogP contribution in [0.1, 0.15) is 30.1 Å². The summed E-state index contributed by atoms with van der Waals surface area (Å²) in [7, 11) is 3.39. The molecule has 0 aliphatic rings. The predicted octanol–water partition coefficient (Wildman–Crippen LogP) is 3.25. The Kier molecular flexibility index (Phi) is 5.17. The number of hydrogen-bond donors (Lipinski definition) is 0. The zero-order valence-electron chi connectivity index (χ0n) is 12.5. The first-order valence-electron chi connectivity index (χ1n) is 6.93. The molecule has 1 aromatic carbocycles. The van der Waals surface area contributed by atoms with Crippen LogP contribution < -0.4 is 5.69 Å². The summed E-state index contributed by atoms with van der Waals surface area (Å²) >= 11 is 7.84. The van der Waals surface area contributed by atoms with Crippen molar-refractivity contribution in [1.82, 2.24) is 9.13 Å². The van der Waals surface area contributed by atoms with Crippen LogP contribution in [0.4, 0.5) is 0 Å². The van der Waals surface area contributed by atoms with Gasteiger partial charge in [0, 0.05) is 19.7 Å². The summed E-state index contributed by atoms with van der Waals surface area (Å²) < 4.78 is 3.07.